The summed E-state index contributed by atoms with van der Waals surface area (Å²) in [6.45, 7) is 0. The standard InChI is InChI=1S/C70H45FN6/c71-47-40-38-45(39-41-47)57-43-46(42-56(72-57)44-20-2-1-3-21-44)66-67(74-58-30-12-4-22-48(58)49-23-5-13-31-59(49)74)69(76-62-34-16-8-26-52(62)53-27-9-17-35-63(53)76)73-70(77-64-36-18-10-28-54(64)55-29-11-19-37-65(55)77)68(66)75-60-32-14-6-24-50(60)51-25-7-15-33-61(51)75/h1-6,8-24,26-43H,7,25H2. The summed E-state index contributed by atoms with van der Waals surface area (Å²) in [7, 11) is 0. The summed E-state index contributed by atoms with van der Waals surface area (Å²) in [5.41, 5.74) is 16.7. The Balaban J connectivity index is 1.23. The van der Waals surface area contributed by atoms with Gasteiger partial charge < -0.3 is 9.13 Å². The van der Waals surface area contributed by atoms with Crippen molar-refractivity contribution in [2.24, 2.45) is 0 Å². The summed E-state index contributed by atoms with van der Waals surface area (Å²) in [5, 5.41) is 8.01. The molecule has 7 heteroatoms. The highest BCUT2D eigenvalue weighted by Gasteiger charge is 2.34. The normalized spacial score (nSPS) is 12.6. The summed E-state index contributed by atoms with van der Waals surface area (Å²) in [6.07, 6.45) is 6.48. The molecule has 16 rings (SSSR count). The summed E-state index contributed by atoms with van der Waals surface area (Å²) < 4.78 is 24.8. The third-order valence-corrected chi connectivity index (χ3v) is 15.9. The summed E-state index contributed by atoms with van der Waals surface area (Å²) in [4.78, 5) is 11.9. The molecule has 9 aromatic carbocycles. The van der Waals surface area contributed by atoms with E-state index in [1.807, 2.05) is 18.2 Å². The maximum Gasteiger partial charge on any atom is 0.165 e. The first-order valence-electron chi connectivity index (χ1n) is 26.3. The van der Waals surface area contributed by atoms with E-state index in [2.05, 4.69) is 237 Å². The second-order valence-electron chi connectivity index (χ2n) is 20.1. The number of rotatable bonds is 7. The Kier molecular flexibility index (Phi) is 9.54. The van der Waals surface area contributed by atoms with Gasteiger partial charge in [-0.2, -0.15) is 0 Å². The molecular formula is C70H45FN6. The van der Waals surface area contributed by atoms with Gasteiger partial charge in [0.05, 0.1) is 50.0 Å². The molecule has 77 heavy (non-hydrogen) atoms. The quantitative estimate of drug-likeness (QED) is 0.160. The van der Waals surface area contributed by atoms with Crippen molar-refractivity contribution in [3.63, 3.8) is 0 Å². The van der Waals surface area contributed by atoms with E-state index < -0.39 is 0 Å². The molecule has 1 aliphatic rings. The Morgan fingerprint density at radius 3 is 1.18 bits per heavy atom. The third kappa shape index (κ3) is 6.47. The Morgan fingerprint density at radius 1 is 0.338 bits per heavy atom. The van der Waals surface area contributed by atoms with Gasteiger partial charge in [0.1, 0.15) is 17.2 Å². The maximum absolute atomic E-state index is 15.0. The lowest BCUT2D eigenvalue weighted by Gasteiger charge is -2.27. The molecule has 0 atom stereocenters. The number of aromatic nitrogens is 6. The van der Waals surface area contributed by atoms with Crippen molar-refractivity contribution in [1.29, 1.82) is 0 Å². The number of allylic oxidation sites excluding steroid dienone is 1. The summed E-state index contributed by atoms with van der Waals surface area (Å²) in [6, 6.07) is 82.9. The average molecular weight is 989 g/mol. The zero-order valence-electron chi connectivity index (χ0n) is 41.6. The highest BCUT2D eigenvalue weighted by atomic mass is 19.1. The zero-order chi connectivity index (χ0) is 50.7. The molecule has 15 aromatic rings. The maximum atomic E-state index is 15.0. The predicted octanol–water partition coefficient (Wildman–Crippen LogP) is 17.8. The molecule has 0 spiro atoms. The van der Waals surface area contributed by atoms with E-state index in [1.54, 1.807) is 0 Å². The molecular weight excluding hydrogens is 944 g/mol. The van der Waals surface area contributed by atoms with Gasteiger partial charge in [-0.05, 0) is 109 Å². The lowest BCUT2D eigenvalue weighted by Crippen LogP contribution is -2.17. The fourth-order valence-corrected chi connectivity index (χ4v) is 12.6. The van der Waals surface area contributed by atoms with E-state index >= 15 is 0 Å². The van der Waals surface area contributed by atoms with Gasteiger partial charge in [-0.25, -0.2) is 14.4 Å². The van der Waals surface area contributed by atoms with Gasteiger partial charge in [-0.3, -0.25) is 9.13 Å². The van der Waals surface area contributed by atoms with Gasteiger partial charge in [0.25, 0.3) is 0 Å². The second kappa shape index (κ2) is 17.0. The van der Waals surface area contributed by atoms with E-state index in [1.165, 1.54) is 23.1 Å². The predicted molar refractivity (Wildman–Crippen MR) is 316 cm³/mol. The van der Waals surface area contributed by atoms with Crippen molar-refractivity contribution < 1.29 is 4.39 Å². The minimum atomic E-state index is -0.304. The highest BCUT2D eigenvalue weighted by molar-refractivity contribution is 6.14. The lowest BCUT2D eigenvalue weighted by atomic mass is 9.96. The van der Waals surface area contributed by atoms with Crippen LogP contribution in [0.1, 0.15) is 17.7 Å². The molecule has 0 unspecified atom stereocenters. The van der Waals surface area contributed by atoms with Gasteiger partial charge >= 0.3 is 0 Å². The number of hydrogen-bond donors (Lipinski definition) is 0. The molecule has 0 aliphatic heterocycles. The first kappa shape index (κ1) is 43.3. The molecule has 6 heterocycles. The van der Waals surface area contributed by atoms with E-state index in [9.17, 15) is 4.39 Å². The van der Waals surface area contributed by atoms with Gasteiger partial charge in [-0.1, -0.05) is 164 Å². The molecule has 0 radical (unpaired) electrons. The Labute approximate surface area is 442 Å². The first-order valence-corrected chi connectivity index (χ1v) is 26.3. The zero-order valence-corrected chi connectivity index (χ0v) is 41.6. The number of aryl methyl sites for hydroxylation is 1. The highest BCUT2D eigenvalue weighted by Crippen LogP contribution is 2.50. The van der Waals surface area contributed by atoms with Crippen LogP contribution < -0.4 is 0 Å². The van der Waals surface area contributed by atoms with Crippen molar-refractivity contribution >= 4 is 82.4 Å². The number of nitrogens with zero attached hydrogens (tertiary/aromatic N) is 6. The number of hydrogen-bond acceptors (Lipinski definition) is 2. The van der Waals surface area contributed by atoms with Gasteiger partial charge in [0, 0.05) is 60.1 Å². The fraction of sp³-hybridized carbons (Fsp3) is 0.0286. The molecule has 0 amide bonds. The van der Waals surface area contributed by atoms with Crippen molar-refractivity contribution in [2.75, 3.05) is 0 Å². The van der Waals surface area contributed by atoms with Crippen molar-refractivity contribution in [1.82, 2.24) is 28.2 Å². The Bertz CT molecular complexity index is 4770. The fourth-order valence-electron chi connectivity index (χ4n) is 12.6. The molecule has 362 valence electrons. The molecule has 1 aliphatic carbocycles. The van der Waals surface area contributed by atoms with E-state index in [4.69, 9.17) is 9.97 Å². The van der Waals surface area contributed by atoms with Crippen molar-refractivity contribution in [3.05, 3.63) is 260 Å². The van der Waals surface area contributed by atoms with Gasteiger partial charge in [0.15, 0.2) is 11.6 Å². The third-order valence-electron chi connectivity index (χ3n) is 15.9. The smallest absolute Gasteiger partial charge is 0.165 e. The average Bonchev–Trinajstić information content (AvgIpc) is 4.41. The second-order valence-corrected chi connectivity index (χ2v) is 20.1. The van der Waals surface area contributed by atoms with E-state index in [-0.39, 0.29) is 5.82 Å². The van der Waals surface area contributed by atoms with Gasteiger partial charge in [0.2, 0.25) is 0 Å². The van der Waals surface area contributed by atoms with Crippen LogP contribution in [0.25, 0.3) is 139 Å². The molecule has 0 fully saturated rings. The van der Waals surface area contributed by atoms with Crippen LogP contribution >= 0.6 is 0 Å². The number of pyridine rings is 2. The molecule has 6 nitrogen and oxygen atoms in total. The van der Waals surface area contributed by atoms with E-state index in [0.717, 1.165) is 140 Å². The summed E-state index contributed by atoms with van der Waals surface area (Å²) >= 11 is 0. The van der Waals surface area contributed by atoms with Crippen LogP contribution in [0.4, 0.5) is 4.39 Å². The van der Waals surface area contributed by atoms with Gasteiger partial charge in [-0.15, -0.1) is 0 Å². The number of para-hydroxylation sites is 7. The van der Waals surface area contributed by atoms with Crippen LogP contribution in [0.5, 0.6) is 0 Å². The van der Waals surface area contributed by atoms with Crippen LogP contribution in [0.3, 0.4) is 0 Å². The minimum absolute atomic E-state index is 0.304. The number of halogens is 1. The molecule has 0 bridgehead atoms. The Hall–Kier alpha value is -10.1. The Morgan fingerprint density at radius 2 is 0.714 bits per heavy atom. The molecule has 6 aromatic heterocycles. The number of benzene rings is 9. The molecule has 0 saturated heterocycles. The number of fused-ring (bicyclic) bond motifs is 12. The van der Waals surface area contributed by atoms with Crippen LogP contribution in [-0.4, -0.2) is 28.2 Å². The van der Waals surface area contributed by atoms with Crippen molar-refractivity contribution in [2.45, 2.75) is 12.8 Å². The first-order chi connectivity index (χ1) is 38.2. The minimum Gasteiger partial charge on any atom is -0.306 e. The monoisotopic (exact) mass is 988 g/mol. The van der Waals surface area contributed by atoms with Crippen LogP contribution in [0, 0.1) is 5.82 Å². The topological polar surface area (TPSA) is 45.5 Å². The van der Waals surface area contributed by atoms with E-state index in [0.29, 0.717) is 5.69 Å². The largest absolute Gasteiger partial charge is 0.306 e. The molecule has 0 saturated carbocycles. The lowest BCUT2D eigenvalue weighted by molar-refractivity contribution is 0.628. The molecule has 0 N–H and O–H groups in total. The van der Waals surface area contributed by atoms with Crippen LogP contribution in [-0.2, 0) is 6.42 Å². The van der Waals surface area contributed by atoms with Crippen LogP contribution in [0.15, 0.2) is 243 Å². The van der Waals surface area contributed by atoms with Crippen LogP contribution in [0.2, 0.25) is 0 Å². The SMILES string of the molecule is Fc1ccc(-c2cc(-c3c(-n4c5c(c6ccccc64)CCC=C5)c(-n4c5ccccc5c5ccccc54)nc(-n4c5ccccc5c5ccccc54)c3-n3c4ccccc4c4ccccc43)cc(-c3ccccc3)n2)cc1. The summed E-state index contributed by atoms with van der Waals surface area (Å²) in [5.74, 6) is 1.22. The van der Waals surface area contributed by atoms with Crippen molar-refractivity contribution in [3.8, 4) is 56.7 Å².